The van der Waals surface area contributed by atoms with E-state index in [4.69, 9.17) is 15.6 Å². The molecule has 0 amide bonds. The molecule has 4 aromatic rings. The topological polar surface area (TPSA) is 109 Å². The minimum Gasteiger partial charge on any atom is -0.385 e. The van der Waals surface area contributed by atoms with Gasteiger partial charge < -0.3 is 20.4 Å². The number of hydrogen-bond acceptors (Lipinski definition) is 7. The summed E-state index contributed by atoms with van der Waals surface area (Å²) in [5, 5.41) is 9.05. The molecule has 1 saturated heterocycles. The van der Waals surface area contributed by atoms with E-state index in [-0.39, 0.29) is 6.04 Å². The molecule has 158 valence electrons. The van der Waals surface area contributed by atoms with Crippen LogP contribution in [-0.4, -0.2) is 55.6 Å². The van der Waals surface area contributed by atoms with Gasteiger partial charge in [0.15, 0.2) is 5.65 Å². The number of nitrogens with zero attached hydrogens (tertiary/aromatic N) is 6. The van der Waals surface area contributed by atoms with E-state index in [1.807, 2.05) is 34.5 Å². The van der Waals surface area contributed by atoms with Gasteiger partial charge in [0.2, 0.25) is 0 Å². The molecule has 9 nitrogen and oxygen atoms in total. The first-order chi connectivity index (χ1) is 15.1. The van der Waals surface area contributed by atoms with Crippen LogP contribution < -0.4 is 11.1 Å². The van der Waals surface area contributed by atoms with Crippen molar-refractivity contribution in [3.63, 3.8) is 0 Å². The van der Waals surface area contributed by atoms with Gasteiger partial charge in [-0.1, -0.05) is 5.92 Å². The Balaban J connectivity index is 1.50. The van der Waals surface area contributed by atoms with Crippen molar-refractivity contribution in [1.82, 2.24) is 34.6 Å². The molecule has 1 aliphatic heterocycles. The molecule has 0 bridgehead atoms. The number of nitrogens with two attached hydrogens (primary N) is 1. The van der Waals surface area contributed by atoms with Crippen molar-refractivity contribution < 1.29 is 4.74 Å². The lowest BCUT2D eigenvalue weighted by Crippen LogP contribution is -2.22. The fourth-order valence-corrected chi connectivity index (χ4v) is 4.15. The minimum atomic E-state index is 0.180. The van der Waals surface area contributed by atoms with Gasteiger partial charge in [-0.15, -0.1) is 0 Å². The lowest BCUT2D eigenvalue weighted by molar-refractivity contribution is 0.185. The van der Waals surface area contributed by atoms with Crippen LogP contribution in [0.25, 0.3) is 22.1 Å². The number of rotatable bonds is 4. The number of aromatic nitrogens is 6. The van der Waals surface area contributed by atoms with Crippen molar-refractivity contribution in [3.05, 3.63) is 42.1 Å². The van der Waals surface area contributed by atoms with Crippen LogP contribution in [0.1, 0.15) is 30.1 Å². The molecule has 3 aromatic heterocycles. The Hall–Kier alpha value is -3.48. The van der Waals surface area contributed by atoms with Gasteiger partial charge in [0.25, 0.3) is 0 Å². The summed E-state index contributed by atoms with van der Waals surface area (Å²) in [6.45, 7) is 1.55. The fraction of sp³-hybridized carbons (Fsp3) is 0.364. The van der Waals surface area contributed by atoms with Crippen molar-refractivity contribution >= 4 is 27.9 Å². The third kappa shape index (κ3) is 3.60. The van der Waals surface area contributed by atoms with Gasteiger partial charge >= 0.3 is 0 Å². The molecule has 0 aliphatic carbocycles. The predicted octanol–water partition coefficient (Wildman–Crippen LogP) is 1.63. The van der Waals surface area contributed by atoms with E-state index in [1.165, 1.54) is 6.33 Å². The van der Waals surface area contributed by atoms with Crippen LogP contribution in [0, 0.1) is 11.8 Å². The van der Waals surface area contributed by atoms with E-state index in [1.54, 1.807) is 13.4 Å². The molecule has 31 heavy (non-hydrogen) atoms. The SMILES string of the molecule is COCC[C@H]1CC(n2nc(C#Cc3ccc4c(c3)ncn4C)c3c(N)ncnc32)CN1. The zero-order chi connectivity index (χ0) is 21.4. The summed E-state index contributed by atoms with van der Waals surface area (Å²) >= 11 is 0. The van der Waals surface area contributed by atoms with Crippen molar-refractivity contribution in [2.24, 2.45) is 7.05 Å². The van der Waals surface area contributed by atoms with Gasteiger partial charge in [-0.05, 0) is 37.0 Å². The Bertz CT molecular complexity index is 1310. The molecule has 1 aromatic carbocycles. The number of benzene rings is 1. The highest BCUT2D eigenvalue weighted by Crippen LogP contribution is 2.28. The summed E-state index contributed by atoms with van der Waals surface area (Å²) in [5.41, 5.74) is 10.3. The molecule has 1 aliphatic rings. The molecule has 1 fully saturated rings. The lowest BCUT2D eigenvalue weighted by atomic mass is 10.1. The van der Waals surface area contributed by atoms with Crippen LogP contribution in [-0.2, 0) is 11.8 Å². The number of hydrogen-bond donors (Lipinski definition) is 2. The lowest BCUT2D eigenvalue weighted by Gasteiger charge is -2.11. The summed E-state index contributed by atoms with van der Waals surface area (Å²) in [6, 6.07) is 6.55. The van der Waals surface area contributed by atoms with Crippen LogP contribution in [0.3, 0.4) is 0 Å². The Labute approximate surface area is 179 Å². The second kappa shape index (κ2) is 7.98. The number of imidazole rings is 1. The Morgan fingerprint density at radius 2 is 2.16 bits per heavy atom. The predicted molar refractivity (Wildman–Crippen MR) is 118 cm³/mol. The molecular formula is C22H24N8O. The third-order valence-electron chi connectivity index (χ3n) is 5.78. The molecule has 4 heterocycles. The van der Waals surface area contributed by atoms with Gasteiger partial charge in [-0.25, -0.2) is 19.6 Å². The fourth-order valence-electron chi connectivity index (χ4n) is 4.15. The van der Waals surface area contributed by atoms with Gasteiger partial charge in [0.1, 0.15) is 17.8 Å². The second-order valence-electron chi connectivity index (χ2n) is 7.84. The smallest absolute Gasteiger partial charge is 0.164 e. The van der Waals surface area contributed by atoms with Gasteiger partial charge in [0, 0.05) is 38.9 Å². The summed E-state index contributed by atoms with van der Waals surface area (Å²) in [6.07, 6.45) is 5.19. The monoisotopic (exact) mass is 416 g/mol. The number of nitrogen functional groups attached to an aromatic ring is 1. The first kappa shape index (κ1) is 19.5. The van der Waals surface area contributed by atoms with Crippen LogP contribution in [0.5, 0.6) is 0 Å². The van der Waals surface area contributed by atoms with E-state index < -0.39 is 0 Å². The van der Waals surface area contributed by atoms with Crippen LogP contribution in [0.15, 0.2) is 30.9 Å². The number of anilines is 1. The van der Waals surface area contributed by atoms with Gasteiger partial charge in [-0.3, -0.25) is 0 Å². The van der Waals surface area contributed by atoms with Crippen LogP contribution in [0.2, 0.25) is 0 Å². The molecule has 3 N–H and O–H groups in total. The standard InChI is InChI=1S/C22H24N8O/c1-29-13-27-18-9-14(4-6-19(18)29)3-5-17-20-21(23)25-12-26-22(20)30(28-17)16-10-15(24-11-16)7-8-31-2/h4,6,9,12-13,15-16,24H,7-8,10-11H2,1-2H3,(H2,23,25,26)/t15-,16?/m0/s1. The first-order valence-corrected chi connectivity index (χ1v) is 10.3. The molecule has 1 unspecified atom stereocenters. The largest absolute Gasteiger partial charge is 0.385 e. The minimum absolute atomic E-state index is 0.180. The summed E-state index contributed by atoms with van der Waals surface area (Å²) in [4.78, 5) is 13.0. The van der Waals surface area contributed by atoms with Crippen molar-refractivity contribution in [2.75, 3.05) is 26.0 Å². The molecule has 2 atom stereocenters. The zero-order valence-corrected chi connectivity index (χ0v) is 17.5. The van der Waals surface area contributed by atoms with Crippen molar-refractivity contribution in [1.29, 1.82) is 0 Å². The third-order valence-corrected chi connectivity index (χ3v) is 5.78. The normalized spacial score (nSPS) is 18.5. The maximum absolute atomic E-state index is 6.19. The Morgan fingerprint density at radius 1 is 1.26 bits per heavy atom. The second-order valence-corrected chi connectivity index (χ2v) is 7.84. The van der Waals surface area contributed by atoms with E-state index in [0.29, 0.717) is 22.9 Å². The Morgan fingerprint density at radius 3 is 3.03 bits per heavy atom. The van der Waals surface area contributed by atoms with E-state index in [2.05, 4.69) is 32.1 Å². The highest BCUT2D eigenvalue weighted by molar-refractivity contribution is 5.90. The average Bonchev–Trinajstić information content (AvgIpc) is 3.48. The van der Waals surface area contributed by atoms with Gasteiger partial charge in [0.05, 0.1) is 28.8 Å². The zero-order valence-electron chi connectivity index (χ0n) is 17.5. The Kier molecular flexibility index (Phi) is 5.02. The number of aryl methyl sites for hydroxylation is 1. The van der Waals surface area contributed by atoms with E-state index >= 15 is 0 Å². The van der Waals surface area contributed by atoms with E-state index in [9.17, 15) is 0 Å². The molecule has 0 saturated carbocycles. The van der Waals surface area contributed by atoms with Gasteiger partial charge in [-0.2, -0.15) is 5.10 Å². The highest BCUT2D eigenvalue weighted by atomic mass is 16.5. The summed E-state index contributed by atoms with van der Waals surface area (Å²) in [7, 11) is 3.70. The molecule has 5 rings (SSSR count). The molecule has 9 heteroatoms. The molecular weight excluding hydrogens is 392 g/mol. The number of ether oxygens (including phenoxy) is 1. The van der Waals surface area contributed by atoms with Crippen LogP contribution in [0.4, 0.5) is 5.82 Å². The number of fused-ring (bicyclic) bond motifs is 2. The number of nitrogens with one attached hydrogen (secondary N) is 1. The van der Waals surface area contributed by atoms with Crippen molar-refractivity contribution in [3.8, 4) is 11.8 Å². The first-order valence-electron chi connectivity index (χ1n) is 10.3. The number of methoxy groups -OCH3 is 1. The van der Waals surface area contributed by atoms with E-state index in [0.717, 1.165) is 48.2 Å². The van der Waals surface area contributed by atoms with Crippen LogP contribution >= 0.6 is 0 Å². The maximum Gasteiger partial charge on any atom is 0.164 e. The quantitative estimate of drug-likeness (QED) is 0.487. The average molecular weight is 416 g/mol. The maximum atomic E-state index is 6.19. The summed E-state index contributed by atoms with van der Waals surface area (Å²) < 4.78 is 9.14. The molecule has 0 radical (unpaired) electrons. The summed E-state index contributed by atoms with van der Waals surface area (Å²) in [5.74, 6) is 6.78. The highest BCUT2D eigenvalue weighted by Gasteiger charge is 2.28. The molecule has 0 spiro atoms. The van der Waals surface area contributed by atoms with Crippen molar-refractivity contribution in [2.45, 2.75) is 24.9 Å².